The fourth-order valence-corrected chi connectivity index (χ4v) is 5.35. The third-order valence-electron chi connectivity index (χ3n) is 5.33. The Morgan fingerprint density at radius 3 is 2.35 bits per heavy atom. The summed E-state index contributed by atoms with van der Waals surface area (Å²) in [5, 5.41) is 5.77. The van der Waals surface area contributed by atoms with Crippen molar-refractivity contribution in [3.63, 3.8) is 0 Å². The highest BCUT2D eigenvalue weighted by molar-refractivity contribution is 7.89. The van der Waals surface area contributed by atoms with E-state index in [1.807, 2.05) is 24.3 Å². The molecule has 1 fully saturated rings. The Morgan fingerprint density at radius 2 is 1.81 bits per heavy atom. The summed E-state index contributed by atoms with van der Waals surface area (Å²) in [4.78, 5) is 0.121. The maximum atomic E-state index is 11.5. The van der Waals surface area contributed by atoms with E-state index in [0.29, 0.717) is 5.02 Å². The zero-order chi connectivity index (χ0) is 19.3. The molecule has 7 heteroatoms. The number of thiol groups is 1. The van der Waals surface area contributed by atoms with Gasteiger partial charge in [-0.25, -0.2) is 13.6 Å². The minimum absolute atomic E-state index is 0.0167. The van der Waals surface area contributed by atoms with E-state index in [-0.39, 0.29) is 27.4 Å². The third-order valence-corrected chi connectivity index (χ3v) is 7.09. The van der Waals surface area contributed by atoms with Gasteiger partial charge in [-0.15, -0.1) is 0 Å². The lowest BCUT2D eigenvalue weighted by atomic mass is 10.0. The minimum Gasteiger partial charge on any atom is -0.496 e. The Hall–Kier alpha value is -1.21. The first-order valence-corrected chi connectivity index (χ1v) is 10.7. The number of ether oxygens (including phenoxy) is 1. The molecule has 1 aliphatic carbocycles. The highest BCUT2D eigenvalue weighted by Gasteiger charge is 2.61. The van der Waals surface area contributed by atoms with E-state index in [0.717, 1.165) is 16.9 Å². The Kier molecular flexibility index (Phi) is 5.07. The van der Waals surface area contributed by atoms with Crippen molar-refractivity contribution in [3.05, 3.63) is 58.6 Å². The number of primary sulfonamides is 1. The van der Waals surface area contributed by atoms with Crippen LogP contribution < -0.4 is 9.88 Å². The van der Waals surface area contributed by atoms with Gasteiger partial charge in [-0.1, -0.05) is 37.6 Å². The van der Waals surface area contributed by atoms with Gasteiger partial charge in [-0.3, -0.25) is 0 Å². The number of benzene rings is 2. The molecule has 0 amide bonds. The molecule has 3 rings (SSSR count). The van der Waals surface area contributed by atoms with Gasteiger partial charge < -0.3 is 4.74 Å². The number of methoxy groups -OCH3 is 1. The molecule has 1 aliphatic rings. The van der Waals surface area contributed by atoms with Gasteiger partial charge in [0.05, 0.1) is 12.0 Å². The standard InChI is InChI=1S/C19H22ClNO3S2/c1-19(2)16(11-4-7-13(8-5-11)26(21,22)23)17(19)18(25)14-10-12(20)6-9-15(14)24-3/h4-10,16-18,25H,1-3H3,(H2,21,22,23)/t16-,17+,18?/m1/s1. The molecule has 0 radical (unpaired) electrons. The smallest absolute Gasteiger partial charge is 0.238 e. The molecule has 0 aromatic heterocycles. The van der Waals surface area contributed by atoms with Crippen molar-refractivity contribution in [1.29, 1.82) is 0 Å². The highest BCUT2D eigenvalue weighted by atomic mass is 35.5. The van der Waals surface area contributed by atoms with Gasteiger partial charge in [0.15, 0.2) is 0 Å². The van der Waals surface area contributed by atoms with Crippen molar-refractivity contribution in [3.8, 4) is 5.75 Å². The van der Waals surface area contributed by atoms with Gasteiger partial charge in [0.25, 0.3) is 0 Å². The number of hydrogen-bond donors (Lipinski definition) is 2. The number of nitrogens with two attached hydrogens (primary N) is 1. The molecule has 3 atom stereocenters. The molecule has 1 saturated carbocycles. The van der Waals surface area contributed by atoms with E-state index < -0.39 is 10.0 Å². The van der Waals surface area contributed by atoms with Crippen molar-refractivity contribution in [2.45, 2.75) is 29.9 Å². The van der Waals surface area contributed by atoms with E-state index in [1.54, 1.807) is 25.3 Å². The van der Waals surface area contributed by atoms with E-state index >= 15 is 0 Å². The molecule has 140 valence electrons. The molecule has 2 N–H and O–H groups in total. The zero-order valence-electron chi connectivity index (χ0n) is 14.8. The van der Waals surface area contributed by atoms with Crippen LogP contribution in [0.2, 0.25) is 5.02 Å². The van der Waals surface area contributed by atoms with Crippen LogP contribution in [0.3, 0.4) is 0 Å². The molecule has 0 spiro atoms. The third kappa shape index (κ3) is 3.48. The summed E-state index contributed by atoms with van der Waals surface area (Å²) in [7, 11) is -2.05. The Balaban J connectivity index is 1.91. The molecule has 0 aliphatic heterocycles. The molecule has 26 heavy (non-hydrogen) atoms. The van der Waals surface area contributed by atoms with Gasteiger partial charge >= 0.3 is 0 Å². The first-order valence-electron chi connectivity index (χ1n) is 8.21. The second-order valence-electron chi connectivity index (χ2n) is 7.27. The predicted octanol–water partition coefficient (Wildman–Crippen LogP) is 4.41. The molecule has 0 bridgehead atoms. The zero-order valence-corrected chi connectivity index (χ0v) is 17.3. The average molecular weight is 412 g/mol. The van der Waals surface area contributed by atoms with Crippen molar-refractivity contribution < 1.29 is 13.2 Å². The maximum absolute atomic E-state index is 11.5. The lowest BCUT2D eigenvalue weighted by Gasteiger charge is -2.17. The summed E-state index contributed by atoms with van der Waals surface area (Å²) in [6.07, 6.45) is 0. The number of halogens is 1. The number of rotatable bonds is 5. The fraction of sp³-hybridized carbons (Fsp3) is 0.368. The average Bonchev–Trinajstić information content (AvgIpc) is 3.15. The molecular formula is C19H22ClNO3S2. The summed E-state index contributed by atoms with van der Waals surface area (Å²) in [5.41, 5.74) is 2.06. The van der Waals surface area contributed by atoms with Crippen LogP contribution in [0, 0.1) is 11.3 Å². The molecule has 4 nitrogen and oxygen atoms in total. The van der Waals surface area contributed by atoms with Crippen LogP contribution in [0.15, 0.2) is 47.4 Å². The van der Waals surface area contributed by atoms with E-state index in [9.17, 15) is 8.42 Å². The van der Waals surface area contributed by atoms with Gasteiger partial charge in [0, 0.05) is 15.8 Å². The van der Waals surface area contributed by atoms with E-state index in [4.69, 9.17) is 34.1 Å². The number of hydrogen-bond acceptors (Lipinski definition) is 4. The highest BCUT2D eigenvalue weighted by Crippen LogP contribution is 2.70. The van der Waals surface area contributed by atoms with Gasteiger partial charge in [0.1, 0.15) is 5.75 Å². The second kappa shape index (κ2) is 6.75. The minimum atomic E-state index is -3.69. The summed E-state index contributed by atoms with van der Waals surface area (Å²) in [6.45, 7) is 4.38. The molecule has 0 heterocycles. The topological polar surface area (TPSA) is 69.4 Å². The van der Waals surface area contributed by atoms with Crippen molar-refractivity contribution >= 4 is 34.3 Å². The normalized spacial score (nSPS) is 22.7. The van der Waals surface area contributed by atoms with Gasteiger partial charge in [0.2, 0.25) is 10.0 Å². The second-order valence-corrected chi connectivity index (χ2v) is 9.82. The van der Waals surface area contributed by atoms with Crippen LogP contribution in [-0.2, 0) is 10.0 Å². The van der Waals surface area contributed by atoms with Crippen LogP contribution in [0.5, 0.6) is 5.75 Å². The summed E-state index contributed by atoms with van der Waals surface area (Å²) < 4.78 is 28.4. The summed E-state index contributed by atoms with van der Waals surface area (Å²) >= 11 is 11.1. The Labute approximate surface area is 165 Å². The van der Waals surface area contributed by atoms with Gasteiger partial charge in [-0.2, -0.15) is 12.6 Å². The lowest BCUT2D eigenvalue weighted by Crippen LogP contribution is -2.11. The molecule has 2 aromatic carbocycles. The molecule has 2 aromatic rings. The first kappa shape index (κ1) is 19.5. The van der Waals surface area contributed by atoms with Crippen LogP contribution in [-0.4, -0.2) is 15.5 Å². The summed E-state index contributed by atoms with van der Waals surface area (Å²) in [5.74, 6) is 1.28. The maximum Gasteiger partial charge on any atom is 0.238 e. The number of sulfonamides is 1. The van der Waals surface area contributed by atoms with Crippen LogP contribution >= 0.6 is 24.2 Å². The Morgan fingerprint density at radius 1 is 1.19 bits per heavy atom. The van der Waals surface area contributed by atoms with E-state index in [2.05, 4.69) is 13.8 Å². The van der Waals surface area contributed by atoms with Crippen molar-refractivity contribution in [1.82, 2.24) is 0 Å². The molecule has 1 unspecified atom stereocenters. The molecule has 0 saturated heterocycles. The monoisotopic (exact) mass is 411 g/mol. The quantitative estimate of drug-likeness (QED) is 0.716. The van der Waals surface area contributed by atoms with Crippen LogP contribution in [0.25, 0.3) is 0 Å². The Bertz CT molecular complexity index is 926. The fourth-order valence-electron chi connectivity index (χ4n) is 3.90. The first-order chi connectivity index (χ1) is 12.1. The van der Waals surface area contributed by atoms with Crippen LogP contribution in [0.1, 0.15) is 36.1 Å². The van der Waals surface area contributed by atoms with Crippen molar-refractivity contribution in [2.24, 2.45) is 16.5 Å². The SMILES string of the molecule is COc1ccc(Cl)cc1C(S)[C@@H]1[C@@H](c2ccc(S(N)(=O)=O)cc2)C1(C)C. The van der Waals surface area contributed by atoms with Crippen molar-refractivity contribution in [2.75, 3.05) is 7.11 Å². The predicted molar refractivity (Wildman–Crippen MR) is 108 cm³/mol. The van der Waals surface area contributed by atoms with Gasteiger partial charge in [-0.05, 0) is 53.1 Å². The summed E-state index contributed by atoms with van der Waals surface area (Å²) in [6, 6.07) is 12.3. The lowest BCUT2D eigenvalue weighted by molar-refractivity contribution is 0.406. The van der Waals surface area contributed by atoms with E-state index in [1.165, 1.54) is 0 Å². The van der Waals surface area contributed by atoms with Crippen LogP contribution in [0.4, 0.5) is 0 Å². The molecular weight excluding hydrogens is 390 g/mol. The largest absolute Gasteiger partial charge is 0.496 e.